The Morgan fingerprint density at radius 1 is 1.31 bits per heavy atom. The first-order valence-electron chi connectivity index (χ1n) is 5.43. The molecule has 76 valence electrons. The predicted molar refractivity (Wildman–Crippen MR) is 53.8 cm³/mol. The maximum atomic E-state index is 6.02. The highest BCUT2D eigenvalue weighted by atomic mass is 16.5. The normalized spacial score (nSPS) is 47.1. The van der Waals surface area contributed by atoms with E-state index in [4.69, 9.17) is 4.74 Å². The summed E-state index contributed by atoms with van der Waals surface area (Å²) in [5.41, 5.74) is 0.509. The highest BCUT2D eigenvalue weighted by molar-refractivity contribution is 5.16. The van der Waals surface area contributed by atoms with Crippen molar-refractivity contribution >= 4 is 0 Å². The molecule has 1 N–H and O–H groups in total. The van der Waals surface area contributed by atoms with Crippen molar-refractivity contribution in [2.24, 2.45) is 5.41 Å². The molecule has 2 bridgehead atoms. The first-order valence-corrected chi connectivity index (χ1v) is 5.43. The quantitative estimate of drug-likeness (QED) is 0.706. The molecule has 3 atom stereocenters. The van der Waals surface area contributed by atoms with Crippen molar-refractivity contribution in [1.82, 2.24) is 5.32 Å². The van der Waals surface area contributed by atoms with Crippen molar-refractivity contribution in [1.29, 1.82) is 0 Å². The molecule has 2 saturated heterocycles. The van der Waals surface area contributed by atoms with Gasteiger partial charge in [-0.05, 0) is 26.3 Å². The number of fused-ring (bicyclic) bond motifs is 2. The zero-order chi connectivity index (χ0) is 9.69. The summed E-state index contributed by atoms with van der Waals surface area (Å²) in [6.07, 6.45) is 4.58. The number of hydrogen-bond acceptors (Lipinski definition) is 2. The van der Waals surface area contributed by atoms with Gasteiger partial charge in [0.05, 0.1) is 17.7 Å². The van der Waals surface area contributed by atoms with E-state index in [-0.39, 0.29) is 5.54 Å². The van der Waals surface area contributed by atoms with Crippen LogP contribution in [0.1, 0.15) is 40.0 Å². The second-order valence-electron chi connectivity index (χ2n) is 4.99. The standard InChI is InChI=1S/C11H21NO/c1-5-11(12-4)9-7-6-8(13-9)10(11,2)3/h8-9,12H,5-7H2,1-4H3/t8-,9+,11+/m0/s1. The second kappa shape index (κ2) is 2.71. The van der Waals surface area contributed by atoms with Gasteiger partial charge < -0.3 is 10.1 Å². The molecular weight excluding hydrogens is 162 g/mol. The van der Waals surface area contributed by atoms with E-state index < -0.39 is 0 Å². The maximum absolute atomic E-state index is 6.02. The average Bonchev–Trinajstić information content (AvgIpc) is 2.62. The maximum Gasteiger partial charge on any atom is 0.0767 e. The molecule has 0 aromatic heterocycles. The lowest BCUT2D eigenvalue weighted by molar-refractivity contribution is 0.0731. The molecule has 2 rings (SSSR count). The van der Waals surface area contributed by atoms with E-state index in [0.29, 0.717) is 17.6 Å². The molecule has 2 fully saturated rings. The van der Waals surface area contributed by atoms with E-state index in [1.165, 1.54) is 12.8 Å². The van der Waals surface area contributed by atoms with Crippen LogP contribution < -0.4 is 5.32 Å². The molecule has 2 heterocycles. The zero-order valence-electron chi connectivity index (χ0n) is 9.18. The highest BCUT2D eigenvalue weighted by Gasteiger charge is 2.62. The van der Waals surface area contributed by atoms with E-state index in [1.807, 2.05) is 0 Å². The van der Waals surface area contributed by atoms with Gasteiger partial charge in [0.15, 0.2) is 0 Å². The van der Waals surface area contributed by atoms with Gasteiger partial charge >= 0.3 is 0 Å². The van der Waals surface area contributed by atoms with Crippen LogP contribution in [0, 0.1) is 5.41 Å². The second-order valence-corrected chi connectivity index (χ2v) is 4.99. The van der Waals surface area contributed by atoms with Crippen molar-refractivity contribution < 1.29 is 4.74 Å². The Balaban J connectivity index is 2.36. The van der Waals surface area contributed by atoms with Gasteiger partial charge in [-0.2, -0.15) is 0 Å². The lowest BCUT2D eigenvalue weighted by Crippen LogP contribution is -2.60. The van der Waals surface area contributed by atoms with Gasteiger partial charge in [-0.3, -0.25) is 0 Å². The smallest absolute Gasteiger partial charge is 0.0767 e. The minimum absolute atomic E-state index is 0.218. The summed E-state index contributed by atoms with van der Waals surface area (Å²) in [6, 6.07) is 0. The molecule has 13 heavy (non-hydrogen) atoms. The summed E-state index contributed by atoms with van der Waals surface area (Å²) in [6.45, 7) is 6.95. The number of nitrogens with one attached hydrogen (secondary N) is 1. The summed E-state index contributed by atoms with van der Waals surface area (Å²) in [5, 5.41) is 3.52. The molecule has 2 aliphatic rings. The van der Waals surface area contributed by atoms with Crippen LogP contribution in [-0.4, -0.2) is 24.8 Å². The molecule has 0 spiro atoms. The molecule has 0 amide bonds. The lowest BCUT2D eigenvalue weighted by atomic mass is 9.62. The van der Waals surface area contributed by atoms with Crippen LogP contribution >= 0.6 is 0 Å². The third-order valence-electron chi connectivity index (χ3n) is 4.53. The largest absolute Gasteiger partial charge is 0.372 e. The number of hydrogen-bond donors (Lipinski definition) is 1. The van der Waals surface area contributed by atoms with Crippen LogP contribution in [0.2, 0.25) is 0 Å². The molecular formula is C11H21NO. The van der Waals surface area contributed by atoms with Crippen LogP contribution in [0.25, 0.3) is 0 Å². The summed E-state index contributed by atoms with van der Waals surface area (Å²) in [5.74, 6) is 0. The van der Waals surface area contributed by atoms with Crippen molar-refractivity contribution in [2.75, 3.05) is 7.05 Å². The molecule has 0 radical (unpaired) electrons. The number of ether oxygens (including phenoxy) is 1. The Morgan fingerprint density at radius 3 is 2.23 bits per heavy atom. The number of likely N-dealkylation sites (N-methyl/N-ethyl adjacent to an activating group) is 1. The topological polar surface area (TPSA) is 21.3 Å². The van der Waals surface area contributed by atoms with Gasteiger partial charge in [0, 0.05) is 5.41 Å². The highest BCUT2D eigenvalue weighted by Crippen LogP contribution is 2.55. The van der Waals surface area contributed by atoms with E-state index in [9.17, 15) is 0 Å². The SMILES string of the molecule is CC[C@@]1(NC)[C@H]2CC[C@H](O2)C1(C)C. The minimum atomic E-state index is 0.218. The van der Waals surface area contributed by atoms with Crippen LogP contribution in [0.15, 0.2) is 0 Å². The van der Waals surface area contributed by atoms with Crippen LogP contribution in [-0.2, 0) is 4.74 Å². The summed E-state index contributed by atoms with van der Waals surface area (Å²) in [4.78, 5) is 0. The third kappa shape index (κ3) is 0.909. The lowest BCUT2D eigenvalue weighted by Gasteiger charge is -2.46. The van der Waals surface area contributed by atoms with E-state index in [2.05, 4.69) is 33.1 Å². The zero-order valence-corrected chi connectivity index (χ0v) is 9.18. The van der Waals surface area contributed by atoms with Gasteiger partial charge in [0.25, 0.3) is 0 Å². The number of rotatable bonds is 2. The Hall–Kier alpha value is -0.0800. The molecule has 2 aliphatic heterocycles. The summed E-state index contributed by atoms with van der Waals surface area (Å²) < 4.78 is 6.02. The molecule has 0 unspecified atom stereocenters. The van der Waals surface area contributed by atoms with Crippen LogP contribution in [0.4, 0.5) is 0 Å². The first-order chi connectivity index (χ1) is 6.08. The molecule has 0 saturated carbocycles. The van der Waals surface area contributed by atoms with Gasteiger partial charge in [-0.1, -0.05) is 20.8 Å². The van der Waals surface area contributed by atoms with Crippen molar-refractivity contribution in [3.63, 3.8) is 0 Å². The molecule has 2 heteroatoms. The molecule has 0 aromatic rings. The molecule has 0 aliphatic carbocycles. The molecule has 0 aromatic carbocycles. The Kier molecular flexibility index (Phi) is 1.97. The summed E-state index contributed by atoms with van der Waals surface area (Å²) >= 11 is 0. The van der Waals surface area contributed by atoms with Gasteiger partial charge in [-0.15, -0.1) is 0 Å². The summed E-state index contributed by atoms with van der Waals surface area (Å²) in [7, 11) is 2.08. The Morgan fingerprint density at radius 2 is 1.92 bits per heavy atom. The molecule has 2 nitrogen and oxygen atoms in total. The average molecular weight is 183 g/mol. The van der Waals surface area contributed by atoms with Gasteiger partial charge in [0.2, 0.25) is 0 Å². The van der Waals surface area contributed by atoms with E-state index in [0.717, 1.165) is 6.42 Å². The predicted octanol–water partition coefficient (Wildman–Crippen LogP) is 1.94. The minimum Gasteiger partial charge on any atom is -0.372 e. The van der Waals surface area contributed by atoms with Crippen LogP contribution in [0.3, 0.4) is 0 Å². The Bertz CT molecular complexity index is 208. The van der Waals surface area contributed by atoms with Crippen molar-refractivity contribution in [3.8, 4) is 0 Å². The fourth-order valence-corrected chi connectivity index (χ4v) is 3.58. The van der Waals surface area contributed by atoms with Crippen molar-refractivity contribution in [2.45, 2.75) is 57.8 Å². The fourth-order valence-electron chi connectivity index (χ4n) is 3.58. The fraction of sp³-hybridized carbons (Fsp3) is 1.00. The first kappa shape index (κ1) is 9.47. The Labute approximate surface area is 81.0 Å². The van der Waals surface area contributed by atoms with Gasteiger partial charge in [0.1, 0.15) is 0 Å². The third-order valence-corrected chi connectivity index (χ3v) is 4.53. The van der Waals surface area contributed by atoms with Crippen molar-refractivity contribution in [3.05, 3.63) is 0 Å². The monoisotopic (exact) mass is 183 g/mol. The van der Waals surface area contributed by atoms with Crippen LogP contribution in [0.5, 0.6) is 0 Å². The van der Waals surface area contributed by atoms with E-state index in [1.54, 1.807) is 0 Å². The van der Waals surface area contributed by atoms with Gasteiger partial charge in [-0.25, -0.2) is 0 Å². The van der Waals surface area contributed by atoms with E-state index >= 15 is 0 Å².